The lowest BCUT2D eigenvalue weighted by atomic mass is 9.81. The fourth-order valence-corrected chi connectivity index (χ4v) is 3.13. The van der Waals surface area contributed by atoms with Crippen LogP contribution in [0, 0.1) is 11.8 Å². The summed E-state index contributed by atoms with van der Waals surface area (Å²) in [5, 5.41) is 14.8. The van der Waals surface area contributed by atoms with Crippen LogP contribution in [0.2, 0.25) is 0 Å². The molecule has 3 N–H and O–H groups in total. The van der Waals surface area contributed by atoms with E-state index in [0.717, 1.165) is 18.8 Å². The molecule has 1 fully saturated rings. The summed E-state index contributed by atoms with van der Waals surface area (Å²) in [6.45, 7) is 6.44. The Labute approximate surface area is 127 Å². The van der Waals surface area contributed by atoms with Gasteiger partial charge in [-0.25, -0.2) is 9.59 Å². The summed E-state index contributed by atoms with van der Waals surface area (Å²) in [5.74, 6) is 0.405. The zero-order valence-corrected chi connectivity index (χ0v) is 13.6. The molecular weight excluding hydrogens is 268 g/mol. The van der Waals surface area contributed by atoms with Crippen LogP contribution in [0.5, 0.6) is 0 Å². The van der Waals surface area contributed by atoms with Crippen molar-refractivity contribution in [1.82, 2.24) is 10.6 Å². The smallest absolute Gasteiger partial charge is 0.329 e. The topological polar surface area (TPSA) is 78.4 Å². The number of hydrogen-bond donors (Lipinski definition) is 3. The van der Waals surface area contributed by atoms with Crippen molar-refractivity contribution in [3.05, 3.63) is 0 Å². The lowest BCUT2D eigenvalue weighted by Gasteiger charge is -2.30. The number of amides is 2. The molecule has 0 spiro atoms. The zero-order valence-electron chi connectivity index (χ0n) is 13.6. The highest BCUT2D eigenvalue weighted by atomic mass is 16.4. The number of urea groups is 1. The van der Waals surface area contributed by atoms with Gasteiger partial charge < -0.3 is 15.7 Å². The second-order valence-electron chi connectivity index (χ2n) is 6.22. The summed E-state index contributed by atoms with van der Waals surface area (Å²) in [6, 6.07) is -0.362. The van der Waals surface area contributed by atoms with Gasteiger partial charge in [0.2, 0.25) is 0 Å². The van der Waals surface area contributed by atoms with Crippen LogP contribution >= 0.6 is 0 Å². The van der Waals surface area contributed by atoms with Crippen LogP contribution in [0.25, 0.3) is 0 Å². The Balaban J connectivity index is 2.38. The normalized spacial score (nSPS) is 22.6. The molecule has 0 bridgehead atoms. The molecule has 1 saturated carbocycles. The number of carbonyl (C=O) groups excluding carboxylic acids is 1. The maximum atomic E-state index is 12.0. The summed E-state index contributed by atoms with van der Waals surface area (Å²) < 4.78 is 0. The largest absolute Gasteiger partial charge is 0.480 e. The lowest BCUT2D eigenvalue weighted by molar-refractivity contribution is -0.144. The van der Waals surface area contributed by atoms with E-state index in [9.17, 15) is 14.7 Å². The fourth-order valence-electron chi connectivity index (χ4n) is 3.13. The lowest BCUT2D eigenvalue weighted by Crippen LogP contribution is -2.56. The molecule has 1 aliphatic rings. The Morgan fingerprint density at radius 1 is 1.05 bits per heavy atom. The molecular formula is C16H30N2O3. The molecule has 1 rings (SSSR count). The molecule has 0 unspecified atom stereocenters. The van der Waals surface area contributed by atoms with Crippen LogP contribution in [0.1, 0.15) is 65.7 Å². The maximum absolute atomic E-state index is 12.0. The molecule has 0 aromatic heterocycles. The third-order valence-electron chi connectivity index (χ3n) is 5.06. The highest BCUT2D eigenvalue weighted by molar-refractivity contribution is 5.86. The Bertz CT molecular complexity index is 345. The van der Waals surface area contributed by atoms with Gasteiger partial charge in [0.05, 0.1) is 0 Å². The molecule has 0 saturated heterocycles. The van der Waals surface area contributed by atoms with Crippen LogP contribution in [0.3, 0.4) is 0 Å². The van der Waals surface area contributed by atoms with E-state index in [4.69, 9.17) is 0 Å². The average molecular weight is 298 g/mol. The third-order valence-corrected chi connectivity index (χ3v) is 5.06. The van der Waals surface area contributed by atoms with Gasteiger partial charge in [0, 0.05) is 6.54 Å². The van der Waals surface area contributed by atoms with Crippen molar-refractivity contribution in [3.8, 4) is 0 Å². The van der Waals surface area contributed by atoms with Crippen molar-refractivity contribution in [3.63, 3.8) is 0 Å². The maximum Gasteiger partial charge on any atom is 0.329 e. The molecule has 122 valence electrons. The Kier molecular flexibility index (Phi) is 6.99. The fraction of sp³-hybridized carbons (Fsp3) is 0.875. The van der Waals surface area contributed by atoms with Crippen LogP contribution < -0.4 is 10.6 Å². The zero-order chi connectivity index (χ0) is 15.9. The second kappa shape index (κ2) is 8.25. The van der Waals surface area contributed by atoms with E-state index in [2.05, 4.69) is 17.6 Å². The number of aliphatic carboxylic acids is 1. The summed E-state index contributed by atoms with van der Waals surface area (Å²) in [4.78, 5) is 23.3. The van der Waals surface area contributed by atoms with E-state index in [1.54, 1.807) is 13.8 Å². The van der Waals surface area contributed by atoms with Crippen LogP contribution in [0.15, 0.2) is 0 Å². The summed E-state index contributed by atoms with van der Waals surface area (Å²) in [5.41, 5.74) is -1.15. The third kappa shape index (κ3) is 4.90. The van der Waals surface area contributed by atoms with Gasteiger partial charge in [-0.2, -0.15) is 0 Å². The predicted octanol–water partition coefficient (Wildman–Crippen LogP) is 3.15. The summed E-state index contributed by atoms with van der Waals surface area (Å²) >= 11 is 0. The Hall–Kier alpha value is -1.26. The quantitative estimate of drug-likeness (QED) is 0.675. The van der Waals surface area contributed by atoms with Crippen molar-refractivity contribution in [1.29, 1.82) is 0 Å². The van der Waals surface area contributed by atoms with Gasteiger partial charge in [-0.05, 0) is 37.5 Å². The standard InChI is InChI=1S/C16H30N2O3/c1-4-12-7-9-13(10-8-12)11-17-15(21)18-16(5-2,6-3)14(19)20/h12-13H,4-11H2,1-3H3,(H,19,20)(H2,17,18,21). The Morgan fingerprint density at radius 2 is 1.57 bits per heavy atom. The van der Waals surface area contributed by atoms with Crippen LogP contribution in [-0.4, -0.2) is 29.2 Å². The molecule has 0 radical (unpaired) electrons. The first-order chi connectivity index (χ1) is 9.97. The van der Waals surface area contributed by atoms with E-state index in [1.807, 2.05) is 0 Å². The first-order valence-corrected chi connectivity index (χ1v) is 8.26. The van der Waals surface area contributed by atoms with Gasteiger partial charge in [-0.15, -0.1) is 0 Å². The van der Waals surface area contributed by atoms with E-state index in [-0.39, 0.29) is 6.03 Å². The SMILES string of the molecule is CCC1CCC(CNC(=O)NC(CC)(CC)C(=O)O)CC1. The summed E-state index contributed by atoms with van der Waals surface area (Å²) in [7, 11) is 0. The van der Waals surface area contributed by atoms with Crippen molar-refractivity contribution < 1.29 is 14.7 Å². The summed E-state index contributed by atoms with van der Waals surface area (Å²) in [6.07, 6.45) is 6.81. The molecule has 5 nitrogen and oxygen atoms in total. The molecule has 0 heterocycles. The minimum Gasteiger partial charge on any atom is -0.480 e. The molecule has 0 atom stereocenters. The average Bonchev–Trinajstić information content (AvgIpc) is 2.50. The van der Waals surface area contributed by atoms with Gasteiger partial charge >= 0.3 is 12.0 Å². The molecule has 0 aromatic rings. The minimum absolute atomic E-state index is 0.362. The van der Waals surface area contributed by atoms with E-state index in [0.29, 0.717) is 25.3 Å². The Morgan fingerprint density at radius 3 is 2.00 bits per heavy atom. The van der Waals surface area contributed by atoms with Gasteiger partial charge in [-0.1, -0.05) is 40.0 Å². The van der Waals surface area contributed by atoms with Crippen molar-refractivity contribution in [2.24, 2.45) is 11.8 Å². The van der Waals surface area contributed by atoms with Gasteiger partial charge in [0.15, 0.2) is 0 Å². The highest BCUT2D eigenvalue weighted by Crippen LogP contribution is 2.30. The molecule has 2 amide bonds. The number of hydrogen-bond acceptors (Lipinski definition) is 2. The number of rotatable bonds is 7. The first-order valence-electron chi connectivity index (χ1n) is 8.26. The molecule has 0 aromatic carbocycles. The first kappa shape index (κ1) is 17.8. The van der Waals surface area contributed by atoms with E-state index in [1.165, 1.54) is 19.3 Å². The number of carboxylic acids is 1. The van der Waals surface area contributed by atoms with Crippen molar-refractivity contribution in [2.45, 2.75) is 71.3 Å². The number of carboxylic acid groups (broad SMARTS) is 1. The van der Waals surface area contributed by atoms with Crippen molar-refractivity contribution in [2.75, 3.05) is 6.54 Å². The van der Waals surface area contributed by atoms with Gasteiger partial charge in [0.25, 0.3) is 0 Å². The van der Waals surface area contributed by atoms with E-state index < -0.39 is 11.5 Å². The van der Waals surface area contributed by atoms with Gasteiger partial charge in [0.1, 0.15) is 5.54 Å². The van der Waals surface area contributed by atoms with Crippen LogP contribution in [-0.2, 0) is 4.79 Å². The molecule has 21 heavy (non-hydrogen) atoms. The predicted molar refractivity (Wildman–Crippen MR) is 83.2 cm³/mol. The minimum atomic E-state index is -1.15. The molecule has 5 heteroatoms. The monoisotopic (exact) mass is 298 g/mol. The number of nitrogens with one attached hydrogen (secondary N) is 2. The van der Waals surface area contributed by atoms with E-state index >= 15 is 0 Å². The van der Waals surface area contributed by atoms with Crippen LogP contribution in [0.4, 0.5) is 4.79 Å². The van der Waals surface area contributed by atoms with Crippen molar-refractivity contribution >= 4 is 12.0 Å². The molecule has 0 aliphatic heterocycles. The molecule has 1 aliphatic carbocycles. The second-order valence-corrected chi connectivity index (χ2v) is 6.22. The highest BCUT2D eigenvalue weighted by Gasteiger charge is 2.36. The number of carbonyl (C=O) groups is 2. The van der Waals surface area contributed by atoms with Gasteiger partial charge in [-0.3, -0.25) is 0 Å².